The molecule has 5 heteroatoms. The summed E-state index contributed by atoms with van der Waals surface area (Å²) in [7, 11) is 3.12. The van der Waals surface area contributed by atoms with Crippen LogP contribution in [0.4, 0.5) is 0 Å². The highest BCUT2D eigenvalue weighted by molar-refractivity contribution is 9.10. The Kier molecular flexibility index (Phi) is 5.52. The predicted molar refractivity (Wildman–Crippen MR) is 68.7 cm³/mol. The maximum absolute atomic E-state index is 10.3. The highest BCUT2D eigenvalue weighted by Crippen LogP contribution is 2.21. The second-order valence-corrected chi connectivity index (χ2v) is 5.21. The molecule has 0 fully saturated rings. The molecule has 1 heterocycles. The molecule has 4 nitrogen and oxygen atoms in total. The Labute approximate surface area is 110 Å². The molecule has 1 N–H and O–H groups in total. The van der Waals surface area contributed by atoms with Gasteiger partial charge in [-0.2, -0.15) is 0 Å². The number of pyridine rings is 1. The van der Waals surface area contributed by atoms with E-state index in [4.69, 9.17) is 9.47 Å². The van der Waals surface area contributed by atoms with Crippen molar-refractivity contribution in [1.82, 2.24) is 4.98 Å². The maximum Gasteiger partial charge on any atom is 0.159 e. The van der Waals surface area contributed by atoms with Crippen molar-refractivity contribution in [3.63, 3.8) is 0 Å². The van der Waals surface area contributed by atoms with Gasteiger partial charge in [0.05, 0.1) is 5.60 Å². The summed E-state index contributed by atoms with van der Waals surface area (Å²) < 4.78 is 11.1. The van der Waals surface area contributed by atoms with Crippen molar-refractivity contribution in [2.45, 2.75) is 31.7 Å². The number of hydrogen-bond donors (Lipinski definition) is 1. The summed E-state index contributed by atoms with van der Waals surface area (Å²) in [4.78, 5) is 4.07. The van der Waals surface area contributed by atoms with Crippen molar-refractivity contribution in [3.05, 3.63) is 28.5 Å². The fourth-order valence-electron chi connectivity index (χ4n) is 1.69. The normalized spacial score (nSPS) is 14.9. The molecule has 1 rings (SSSR count). The summed E-state index contributed by atoms with van der Waals surface area (Å²) in [5.41, 5.74) is 0.0782. The zero-order valence-electron chi connectivity index (χ0n) is 10.3. The van der Waals surface area contributed by atoms with Crippen molar-refractivity contribution in [2.24, 2.45) is 0 Å². The first-order valence-corrected chi connectivity index (χ1v) is 6.13. The van der Waals surface area contributed by atoms with E-state index in [1.165, 1.54) is 0 Å². The smallest absolute Gasteiger partial charge is 0.159 e. The molecule has 0 radical (unpaired) electrons. The lowest BCUT2D eigenvalue weighted by atomic mass is 9.94. The minimum absolute atomic E-state index is 0.398. The van der Waals surface area contributed by atoms with Gasteiger partial charge >= 0.3 is 0 Å². The molecule has 0 saturated heterocycles. The van der Waals surface area contributed by atoms with Gasteiger partial charge in [0, 0.05) is 43.9 Å². The van der Waals surface area contributed by atoms with Crippen molar-refractivity contribution in [3.8, 4) is 0 Å². The van der Waals surface area contributed by atoms with E-state index in [1.807, 2.05) is 6.07 Å². The molecule has 0 aliphatic rings. The fourth-order valence-corrected chi connectivity index (χ4v) is 2.10. The monoisotopic (exact) mass is 303 g/mol. The first-order valence-electron chi connectivity index (χ1n) is 5.34. The van der Waals surface area contributed by atoms with Crippen LogP contribution in [0.15, 0.2) is 22.9 Å². The molecule has 1 atom stereocenters. The molecule has 0 saturated carbocycles. The van der Waals surface area contributed by atoms with Crippen molar-refractivity contribution < 1.29 is 14.6 Å². The molecule has 1 aromatic heterocycles. The topological polar surface area (TPSA) is 51.6 Å². The van der Waals surface area contributed by atoms with Gasteiger partial charge in [-0.25, -0.2) is 0 Å². The largest absolute Gasteiger partial charge is 0.390 e. The molecule has 1 unspecified atom stereocenters. The molecule has 0 bridgehead atoms. The molecule has 17 heavy (non-hydrogen) atoms. The van der Waals surface area contributed by atoms with Gasteiger partial charge in [0.25, 0.3) is 0 Å². The predicted octanol–water partition coefficient (Wildman–Crippen LogP) is 2.15. The molecule has 96 valence electrons. The van der Waals surface area contributed by atoms with Crippen LogP contribution in [0.5, 0.6) is 0 Å². The summed E-state index contributed by atoms with van der Waals surface area (Å²) in [6.45, 7) is 1.76. The third kappa shape index (κ3) is 5.12. The SMILES string of the molecule is COC(CC(C)(O)Cc1cncc(Br)c1)OC. The van der Waals surface area contributed by atoms with E-state index in [1.54, 1.807) is 33.5 Å². The number of aromatic nitrogens is 1. The number of ether oxygens (including phenoxy) is 2. The molecule has 0 aromatic carbocycles. The lowest BCUT2D eigenvalue weighted by Crippen LogP contribution is -2.34. The quantitative estimate of drug-likeness (QED) is 0.818. The number of nitrogens with zero attached hydrogens (tertiary/aromatic N) is 1. The average molecular weight is 304 g/mol. The number of hydrogen-bond acceptors (Lipinski definition) is 4. The van der Waals surface area contributed by atoms with Crippen LogP contribution in [-0.2, 0) is 15.9 Å². The van der Waals surface area contributed by atoms with E-state index in [0.29, 0.717) is 12.8 Å². The van der Waals surface area contributed by atoms with Gasteiger partial charge in [-0.1, -0.05) is 0 Å². The lowest BCUT2D eigenvalue weighted by Gasteiger charge is -2.27. The minimum Gasteiger partial charge on any atom is -0.390 e. The summed E-state index contributed by atoms with van der Waals surface area (Å²) >= 11 is 3.35. The van der Waals surface area contributed by atoms with Crippen LogP contribution in [0.1, 0.15) is 18.9 Å². The van der Waals surface area contributed by atoms with E-state index in [0.717, 1.165) is 10.0 Å². The van der Waals surface area contributed by atoms with Gasteiger partial charge in [0.1, 0.15) is 0 Å². The summed E-state index contributed by atoms with van der Waals surface area (Å²) in [5, 5.41) is 10.3. The Hall–Kier alpha value is -0.490. The van der Waals surface area contributed by atoms with Gasteiger partial charge in [-0.05, 0) is 34.5 Å². The second kappa shape index (κ2) is 6.44. The zero-order valence-corrected chi connectivity index (χ0v) is 11.9. The van der Waals surface area contributed by atoms with Gasteiger partial charge in [-0.3, -0.25) is 4.98 Å². The Bertz CT molecular complexity index is 353. The van der Waals surface area contributed by atoms with E-state index in [-0.39, 0.29) is 0 Å². The first kappa shape index (κ1) is 14.6. The highest BCUT2D eigenvalue weighted by atomic mass is 79.9. The van der Waals surface area contributed by atoms with Gasteiger partial charge in [0.2, 0.25) is 0 Å². The number of halogens is 1. The summed E-state index contributed by atoms with van der Waals surface area (Å²) in [5.74, 6) is 0. The van der Waals surface area contributed by atoms with E-state index in [9.17, 15) is 5.11 Å². The summed E-state index contributed by atoms with van der Waals surface area (Å²) in [6.07, 6.45) is 3.97. The average Bonchev–Trinajstić information content (AvgIpc) is 2.25. The highest BCUT2D eigenvalue weighted by Gasteiger charge is 2.26. The van der Waals surface area contributed by atoms with Gasteiger partial charge < -0.3 is 14.6 Å². The Balaban J connectivity index is 2.65. The minimum atomic E-state index is -0.890. The number of rotatable bonds is 6. The van der Waals surface area contributed by atoms with Crippen LogP contribution < -0.4 is 0 Å². The Morgan fingerprint density at radius 1 is 1.41 bits per heavy atom. The second-order valence-electron chi connectivity index (χ2n) is 4.29. The van der Waals surface area contributed by atoms with E-state index in [2.05, 4.69) is 20.9 Å². The first-order chi connectivity index (χ1) is 7.96. The van der Waals surface area contributed by atoms with E-state index >= 15 is 0 Å². The lowest BCUT2D eigenvalue weighted by molar-refractivity contribution is -0.139. The van der Waals surface area contributed by atoms with Gasteiger partial charge in [-0.15, -0.1) is 0 Å². The molecule has 0 spiro atoms. The van der Waals surface area contributed by atoms with Crippen molar-refractivity contribution in [2.75, 3.05) is 14.2 Å². The van der Waals surface area contributed by atoms with Crippen LogP contribution in [0.25, 0.3) is 0 Å². The maximum atomic E-state index is 10.3. The van der Waals surface area contributed by atoms with Crippen LogP contribution >= 0.6 is 15.9 Å². The molecular formula is C12H18BrNO3. The number of aliphatic hydroxyl groups is 1. The van der Waals surface area contributed by atoms with Crippen LogP contribution in [0.2, 0.25) is 0 Å². The van der Waals surface area contributed by atoms with Crippen LogP contribution in [0.3, 0.4) is 0 Å². The molecule has 0 amide bonds. The molecule has 0 aliphatic heterocycles. The summed E-state index contributed by atoms with van der Waals surface area (Å²) in [6, 6.07) is 1.94. The molecule has 0 aliphatic carbocycles. The zero-order chi connectivity index (χ0) is 12.9. The Morgan fingerprint density at radius 3 is 2.59 bits per heavy atom. The van der Waals surface area contributed by atoms with Gasteiger partial charge in [0.15, 0.2) is 6.29 Å². The van der Waals surface area contributed by atoms with Crippen molar-refractivity contribution in [1.29, 1.82) is 0 Å². The third-order valence-electron chi connectivity index (χ3n) is 2.48. The van der Waals surface area contributed by atoms with Crippen LogP contribution in [0, 0.1) is 0 Å². The third-order valence-corrected chi connectivity index (χ3v) is 2.91. The van der Waals surface area contributed by atoms with Crippen molar-refractivity contribution >= 4 is 15.9 Å². The Morgan fingerprint density at radius 2 is 2.06 bits per heavy atom. The molecule has 1 aromatic rings. The van der Waals surface area contributed by atoms with Crippen LogP contribution in [-0.4, -0.2) is 36.2 Å². The van der Waals surface area contributed by atoms with E-state index < -0.39 is 11.9 Å². The molecular weight excluding hydrogens is 286 g/mol. The fraction of sp³-hybridized carbons (Fsp3) is 0.583. The standard InChI is InChI=1S/C12H18BrNO3/c1-12(15,6-11(16-2)17-3)5-9-4-10(13)8-14-7-9/h4,7-8,11,15H,5-6H2,1-3H3. The number of methoxy groups -OCH3 is 2.